The molecule has 0 amide bonds. The largest absolute Gasteiger partial charge is 0.304 e. The summed E-state index contributed by atoms with van der Waals surface area (Å²) in [6.45, 7) is 2.12. The van der Waals surface area contributed by atoms with Crippen molar-refractivity contribution < 1.29 is 0 Å². The summed E-state index contributed by atoms with van der Waals surface area (Å²) in [6, 6.07) is 4.05. The van der Waals surface area contributed by atoms with Gasteiger partial charge < -0.3 is 4.40 Å². The van der Waals surface area contributed by atoms with Gasteiger partial charge in [-0.1, -0.05) is 6.92 Å². The molecular formula is C10H11ClN2. The molecule has 0 aliphatic heterocycles. The summed E-state index contributed by atoms with van der Waals surface area (Å²) in [5, 5.41) is 0. The van der Waals surface area contributed by atoms with Crippen molar-refractivity contribution in [3.05, 3.63) is 35.8 Å². The Labute approximate surface area is 82.2 Å². The van der Waals surface area contributed by atoms with Crippen molar-refractivity contribution in [2.24, 2.45) is 0 Å². The minimum Gasteiger partial charge on any atom is -0.304 e. The fourth-order valence-electron chi connectivity index (χ4n) is 1.42. The zero-order valence-electron chi connectivity index (χ0n) is 7.50. The number of halogens is 1. The lowest BCUT2D eigenvalue weighted by Crippen LogP contribution is -1.91. The number of imidazole rings is 1. The van der Waals surface area contributed by atoms with Gasteiger partial charge in [0, 0.05) is 24.0 Å². The molecule has 2 heterocycles. The quantitative estimate of drug-likeness (QED) is 0.672. The summed E-state index contributed by atoms with van der Waals surface area (Å²) in [4.78, 5) is 4.30. The first-order valence-corrected chi connectivity index (χ1v) is 4.89. The van der Waals surface area contributed by atoms with Crippen LogP contribution in [0.15, 0.2) is 24.5 Å². The molecule has 0 aliphatic rings. The van der Waals surface area contributed by atoms with Gasteiger partial charge >= 0.3 is 0 Å². The van der Waals surface area contributed by atoms with Crippen LogP contribution in [0.25, 0.3) is 5.65 Å². The minimum absolute atomic E-state index is 0.546. The van der Waals surface area contributed by atoms with Crippen molar-refractivity contribution in [1.29, 1.82) is 0 Å². The van der Waals surface area contributed by atoms with Crippen molar-refractivity contribution in [1.82, 2.24) is 9.38 Å². The van der Waals surface area contributed by atoms with Gasteiger partial charge in [-0.3, -0.25) is 0 Å². The molecule has 0 atom stereocenters. The number of aromatic nitrogens is 2. The van der Waals surface area contributed by atoms with E-state index in [4.69, 9.17) is 11.6 Å². The van der Waals surface area contributed by atoms with Gasteiger partial charge in [0.2, 0.25) is 0 Å². The average Bonchev–Trinajstić information content (AvgIpc) is 2.59. The lowest BCUT2D eigenvalue weighted by Gasteiger charge is -1.99. The second-order valence-corrected chi connectivity index (χ2v) is 3.27. The maximum absolute atomic E-state index is 5.73. The third-order valence-electron chi connectivity index (χ3n) is 2.17. The van der Waals surface area contributed by atoms with Crippen LogP contribution in [0, 0.1) is 0 Å². The highest BCUT2D eigenvalue weighted by Gasteiger charge is 2.00. The Hall–Kier alpha value is -1.02. The minimum atomic E-state index is 0.546. The molecular weight excluding hydrogens is 184 g/mol. The van der Waals surface area contributed by atoms with E-state index in [1.165, 1.54) is 5.69 Å². The number of rotatable bonds is 2. The number of aryl methyl sites for hydroxylation is 1. The summed E-state index contributed by atoms with van der Waals surface area (Å²) in [6.07, 6.45) is 4.94. The number of pyridine rings is 1. The van der Waals surface area contributed by atoms with E-state index in [2.05, 4.69) is 16.3 Å². The van der Waals surface area contributed by atoms with E-state index >= 15 is 0 Å². The van der Waals surface area contributed by atoms with Gasteiger partial charge in [-0.2, -0.15) is 0 Å². The Kier molecular flexibility index (Phi) is 2.23. The number of fused-ring (bicyclic) bond motifs is 1. The number of alkyl halides is 1. The van der Waals surface area contributed by atoms with Gasteiger partial charge in [-0.05, 0) is 24.1 Å². The van der Waals surface area contributed by atoms with Gasteiger partial charge in [0.15, 0.2) is 0 Å². The molecule has 0 bridgehead atoms. The number of nitrogens with zero attached hydrogens (tertiary/aromatic N) is 2. The van der Waals surface area contributed by atoms with Crippen LogP contribution in [-0.4, -0.2) is 9.38 Å². The van der Waals surface area contributed by atoms with Crippen LogP contribution in [0.1, 0.15) is 18.2 Å². The van der Waals surface area contributed by atoms with Crippen molar-refractivity contribution in [3.8, 4) is 0 Å². The Morgan fingerprint density at radius 3 is 3.08 bits per heavy atom. The van der Waals surface area contributed by atoms with Crippen LogP contribution >= 0.6 is 11.6 Å². The van der Waals surface area contributed by atoms with Gasteiger partial charge in [-0.25, -0.2) is 4.98 Å². The summed E-state index contributed by atoms with van der Waals surface area (Å²) >= 11 is 5.73. The lowest BCUT2D eigenvalue weighted by molar-refractivity contribution is 0.992. The van der Waals surface area contributed by atoms with E-state index in [0.29, 0.717) is 5.88 Å². The molecule has 2 aromatic rings. The van der Waals surface area contributed by atoms with Crippen molar-refractivity contribution >= 4 is 17.2 Å². The van der Waals surface area contributed by atoms with Gasteiger partial charge in [0.25, 0.3) is 0 Å². The molecule has 0 radical (unpaired) electrons. The van der Waals surface area contributed by atoms with E-state index in [1.807, 2.05) is 24.5 Å². The molecule has 0 spiro atoms. The Balaban J connectivity index is 2.61. The number of hydrogen-bond acceptors (Lipinski definition) is 1. The van der Waals surface area contributed by atoms with Gasteiger partial charge in [0.05, 0.1) is 0 Å². The Morgan fingerprint density at radius 2 is 2.38 bits per heavy atom. The van der Waals surface area contributed by atoms with Crippen molar-refractivity contribution in [2.45, 2.75) is 19.2 Å². The maximum atomic E-state index is 5.73. The van der Waals surface area contributed by atoms with E-state index in [-0.39, 0.29) is 0 Å². The predicted octanol–water partition coefficient (Wildman–Crippen LogP) is 2.64. The molecule has 13 heavy (non-hydrogen) atoms. The molecule has 0 saturated heterocycles. The molecule has 3 heteroatoms. The summed E-state index contributed by atoms with van der Waals surface area (Å²) in [5.41, 5.74) is 3.33. The van der Waals surface area contributed by atoms with Crippen LogP contribution in [0.5, 0.6) is 0 Å². The zero-order valence-corrected chi connectivity index (χ0v) is 8.25. The van der Waals surface area contributed by atoms with Crippen LogP contribution < -0.4 is 0 Å². The van der Waals surface area contributed by atoms with Gasteiger partial charge in [-0.15, -0.1) is 11.6 Å². The van der Waals surface area contributed by atoms with Crippen LogP contribution in [0.2, 0.25) is 0 Å². The lowest BCUT2D eigenvalue weighted by atomic mass is 10.3. The first-order valence-electron chi connectivity index (χ1n) is 4.36. The topological polar surface area (TPSA) is 17.3 Å². The Bertz CT molecular complexity index is 420. The Morgan fingerprint density at radius 1 is 1.54 bits per heavy atom. The highest BCUT2D eigenvalue weighted by atomic mass is 35.5. The normalized spacial score (nSPS) is 10.9. The summed E-state index contributed by atoms with van der Waals surface area (Å²) < 4.78 is 2.09. The summed E-state index contributed by atoms with van der Waals surface area (Å²) in [5.74, 6) is 0.546. The first kappa shape index (κ1) is 8.57. The molecule has 0 unspecified atom stereocenters. The second-order valence-electron chi connectivity index (χ2n) is 3.00. The van der Waals surface area contributed by atoms with E-state index in [9.17, 15) is 0 Å². The molecule has 0 aromatic carbocycles. The first-order chi connectivity index (χ1) is 6.35. The van der Waals surface area contributed by atoms with Gasteiger partial charge in [0.1, 0.15) is 5.65 Å². The average molecular weight is 195 g/mol. The highest BCUT2D eigenvalue weighted by Crippen LogP contribution is 2.11. The SMILES string of the molecule is CCc1cnc2cc(CCl)ccn12. The predicted molar refractivity (Wildman–Crippen MR) is 54.1 cm³/mol. The van der Waals surface area contributed by atoms with Crippen LogP contribution in [-0.2, 0) is 12.3 Å². The molecule has 68 valence electrons. The zero-order chi connectivity index (χ0) is 9.26. The molecule has 0 saturated carbocycles. The van der Waals surface area contributed by atoms with E-state index in [0.717, 1.165) is 17.6 Å². The van der Waals surface area contributed by atoms with Crippen LogP contribution in [0.4, 0.5) is 0 Å². The van der Waals surface area contributed by atoms with Crippen molar-refractivity contribution in [3.63, 3.8) is 0 Å². The maximum Gasteiger partial charge on any atom is 0.137 e. The van der Waals surface area contributed by atoms with Crippen LogP contribution in [0.3, 0.4) is 0 Å². The molecule has 0 aliphatic carbocycles. The molecule has 0 N–H and O–H groups in total. The molecule has 2 aromatic heterocycles. The van der Waals surface area contributed by atoms with Crippen molar-refractivity contribution in [2.75, 3.05) is 0 Å². The standard InChI is InChI=1S/C10H11ClN2/c1-2-9-7-12-10-5-8(6-11)3-4-13(9)10/h3-5,7H,2,6H2,1H3. The summed E-state index contributed by atoms with van der Waals surface area (Å²) in [7, 11) is 0. The number of hydrogen-bond donors (Lipinski definition) is 0. The molecule has 2 rings (SSSR count). The third kappa shape index (κ3) is 1.42. The fraction of sp³-hybridized carbons (Fsp3) is 0.300. The molecule has 2 nitrogen and oxygen atoms in total. The highest BCUT2D eigenvalue weighted by molar-refractivity contribution is 6.17. The second kappa shape index (κ2) is 3.38. The monoisotopic (exact) mass is 194 g/mol. The van der Waals surface area contributed by atoms with E-state index < -0.39 is 0 Å². The molecule has 0 fully saturated rings. The third-order valence-corrected chi connectivity index (χ3v) is 2.48. The smallest absolute Gasteiger partial charge is 0.137 e. The van der Waals surface area contributed by atoms with E-state index in [1.54, 1.807) is 0 Å². The fourth-order valence-corrected chi connectivity index (χ4v) is 1.59.